The molecule has 1 N–H and O–H groups in total. The number of rotatable bonds is 2. The quantitative estimate of drug-likeness (QED) is 0.866. The first-order chi connectivity index (χ1) is 6.80. The van der Waals surface area contributed by atoms with Gasteiger partial charge < -0.3 is 9.84 Å². The molecule has 0 radical (unpaired) electrons. The molecule has 0 aliphatic carbocycles. The molecule has 84 valence electrons. The fraction of sp³-hybridized carbons (Fsp3) is 0.375. The first-order valence-electron chi connectivity index (χ1n) is 3.88. The summed E-state index contributed by atoms with van der Waals surface area (Å²) < 4.78 is 40.8. The zero-order valence-electron chi connectivity index (χ0n) is 7.55. The van der Waals surface area contributed by atoms with E-state index in [4.69, 9.17) is 16.7 Å². The van der Waals surface area contributed by atoms with Crippen molar-refractivity contribution >= 4 is 11.6 Å². The summed E-state index contributed by atoms with van der Waals surface area (Å²) in [6, 6.07) is 1.05. The van der Waals surface area contributed by atoms with E-state index < -0.39 is 12.3 Å². The van der Waals surface area contributed by atoms with Crippen LogP contribution in [-0.2, 0) is 0 Å². The third-order valence-electron chi connectivity index (χ3n) is 1.54. The van der Waals surface area contributed by atoms with Crippen LogP contribution in [0, 0.1) is 0 Å². The average molecular weight is 242 g/mol. The lowest BCUT2D eigenvalue weighted by atomic mass is 10.4. The molecule has 0 saturated carbocycles. The van der Waals surface area contributed by atoms with E-state index in [0.29, 0.717) is 0 Å². The number of aromatic hydroxyl groups is 1. The Balaban J connectivity index is 2.82. The molecule has 0 fully saturated rings. The van der Waals surface area contributed by atoms with E-state index in [1.807, 2.05) is 0 Å². The molecule has 1 unspecified atom stereocenters. The number of ether oxygens (including phenoxy) is 1. The van der Waals surface area contributed by atoms with Crippen LogP contribution in [-0.4, -0.2) is 22.4 Å². The molecule has 1 aromatic heterocycles. The van der Waals surface area contributed by atoms with Gasteiger partial charge in [-0.05, 0) is 6.92 Å². The van der Waals surface area contributed by atoms with Crippen LogP contribution < -0.4 is 4.74 Å². The van der Waals surface area contributed by atoms with Gasteiger partial charge in [0.25, 0.3) is 0 Å². The highest BCUT2D eigenvalue weighted by molar-refractivity contribution is 6.31. The van der Waals surface area contributed by atoms with E-state index in [2.05, 4.69) is 9.72 Å². The second kappa shape index (κ2) is 4.14. The zero-order chi connectivity index (χ0) is 11.6. The SMILES string of the molecule is CC(Oc1ncc(O)cc1Cl)C(F)(F)F. The minimum Gasteiger partial charge on any atom is -0.506 e. The molecule has 0 saturated heterocycles. The molecule has 0 aliphatic heterocycles. The van der Waals surface area contributed by atoms with Crippen LogP contribution in [0.25, 0.3) is 0 Å². The molecule has 1 aromatic rings. The smallest absolute Gasteiger partial charge is 0.425 e. The van der Waals surface area contributed by atoms with E-state index >= 15 is 0 Å². The van der Waals surface area contributed by atoms with Crippen molar-refractivity contribution in [3.8, 4) is 11.6 Å². The van der Waals surface area contributed by atoms with Crippen LogP contribution in [0.15, 0.2) is 12.3 Å². The number of hydrogen-bond donors (Lipinski definition) is 1. The lowest BCUT2D eigenvalue weighted by Crippen LogP contribution is -2.31. The summed E-state index contributed by atoms with van der Waals surface area (Å²) in [5.41, 5.74) is 0. The number of pyridine rings is 1. The maximum atomic E-state index is 12.1. The summed E-state index contributed by atoms with van der Waals surface area (Å²) in [6.07, 6.45) is -5.54. The maximum absolute atomic E-state index is 12.1. The van der Waals surface area contributed by atoms with E-state index in [0.717, 1.165) is 19.2 Å². The molecule has 7 heteroatoms. The Labute approximate surface area is 88.5 Å². The molecular formula is C8H7ClF3NO2. The molecule has 0 bridgehead atoms. The van der Waals surface area contributed by atoms with Gasteiger partial charge in [0.1, 0.15) is 10.8 Å². The van der Waals surface area contributed by atoms with Crippen molar-refractivity contribution in [3.05, 3.63) is 17.3 Å². The summed E-state index contributed by atoms with van der Waals surface area (Å²) in [6.45, 7) is 0.838. The minimum absolute atomic E-state index is 0.175. The van der Waals surface area contributed by atoms with Crippen LogP contribution in [0.5, 0.6) is 11.6 Å². The summed E-state index contributed by atoms with van der Waals surface area (Å²) in [5, 5.41) is 8.73. The van der Waals surface area contributed by atoms with Crippen LogP contribution in [0.2, 0.25) is 5.02 Å². The van der Waals surface area contributed by atoms with Crippen molar-refractivity contribution in [2.75, 3.05) is 0 Å². The zero-order valence-corrected chi connectivity index (χ0v) is 8.30. The predicted octanol–water partition coefficient (Wildman–Crippen LogP) is 2.77. The van der Waals surface area contributed by atoms with Crippen molar-refractivity contribution in [3.63, 3.8) is 0 Å². The van der Waals surface area contributed by atoms with Gasteiger partial charge in [-0.2, -0.15) is 13.2 Å². The molecule has 15 heavy (non-hydrogen) atoms. The van der Waals surface area contributed by atoms with Crippen LogP contribution in [0.3, 0.4) is 0 Å². The fourth-order valence-corrected chi connectivity index (χ4v) is 0.941. The average Bonchev–Trinajstić information content (AvgIpc) is 2.08. The van der Waals surface area contributed by atoms with Crippen molar-refractivity contribution in [2.24, 2.45) is 0 Å². The van der Waals surface area contributed by atoms with Gasteiger partial charge in [0.15, 0.2) is 6.10 Å². The van der Waals surface area contributed by atoms with Gasteiger partial charge in [-0.3, -0.25) is 0 Å². The number of nitrogens with zero attached hydrogens (tertiary/aromatic N) is 1. The molecule has 1 rings (SSSR count). The number of hydrogen-bond acceptors (Lipinski definition) is 3. The molecule has 3 nitrogen and oxygen atoms in total. The standard InChI is InChI=1S/C8H7ClF3NO2/c1-4(8(10,11)12)15-7-6(9)2-5(14)3-13-7/h2-4,14H,1H3. The van der Waals surface area contributed by atoms with Crippen LogP contribution in [0.1, 0.15) is 6.92 Å². The summed E-state index contributed by atoms with van der Waals surface area (Å²) in [7, 11) is 0. The number of aromatic nitrogens is 1. The van der Waals surface area contributed by atoms with Gasteiger partial charge in [0, 0.05) is 6.07 Å². The molecule has 0 spiro atoms. The van der Waals surface area contributed by atoms with Gasteiger partial charge in [0.05, 0.1) is 6.20 Å². The van der Waals surface area contributed by atoms with Gasteiger partial charge >= 0.3 is 6.18 Å². The molecule has 1 heterocycles. The molecule has 0 aliphatic rings. The molecular weight excluding hydrogens is 235 g/mol. The highest BCUT2D eigenvalue weighted by Gasteiger charge is 2.38. The van der Waals surface area contributed by atoms with Crippen molar-refractivity contribution in [2.45, 2.75) is 19.2 Å². The Morgan fingerprint density at radius 1 is 1.53 bits per heavy atom. The van der Waals surface area contributed by atoms with E-state index in [9.17, 15) is 13.2 Å². The Kier molecular flexibility index (Phi) is 3.28. The van der Waals surface area contributed by atoms with E-state index in [-0.39, 0.29) is 16.7 Å². The number of halogens is 4. The molecule has 1 atom stereocenters. The third-order valence-corrected chi connectivity index (χ3v) is 1.81. The second-order valence-corrected chi connectivity index (χ2v) is 3.19. The number of alkyl halides is 3. The van der Waals surface area contributed by atoms with Crippen molar-refractivity contribution < 1.29 is 23.0 Å². The largest absolute Gasteiger partial charge is 0.506 e. The van der Waals surface area contributed by atoms with Crippen molar-refractivity contribution in [1.82, 2.24) is 4.98 Å². The van der Waals surface area contributed by atoms with E-state index in [1.165, 1.54) is 0 Å². The fourth-order valence-electron chi connectivity index (χ4n) is 0.736. The summed E-state index contributed by atoms with van der Waals surface area (Å²) in [5.74, 6) is -0.605. The lowest BCUT2D eigenvalue weighted by Gasteiger charge is -2.17. The highest BCUT2D eigenvalue weighted by atomic mass is 35.5. The van der Waals surface area contributed by atoms with Gasteiger partial charge in [0.2, 0.25) is 5.88 Å². The minimum atomic E-state index is -4.48. The monoisotopic (exact) mass is 241 g/mol. The van der Waals surface area contributed by atoms with E-state index in [1.54, 1.807) is 0 Å². The normalized spacial score (nSPS) is 13.7. The third kappa shape index (κ3) is 3.16. The Bertz CT molecular complexity index is 356. The molecule has 0 aromatic carbocycles. The Morgan fingerprint density at radius 3 is 2.60 bits per heavy atom. The maximum Gasteiger partial charge on any atom is 0.425 e. The van der Waals surface area contributed by atoms with Gasteiger partial charge in [-0.25, -0.2) is 4.98 Å². The first kappa shape index (κ1) is 11.9. The first-order valence-corrected chi connectivity index (χ1v) is 4.26. The highest BCUT2D eigenvalue weighted by Crippen LogP contribution is 2.29. The summed E-state index contributed by atoms with van der Waals surface area (Å²) in [4.78, 5) is 3.43. The van der Waals surface area contributed by atoms with Crippen LogP contribution in [0.4, 0.5) is 13.2 Å². The second-order valence-electron chi connectivity index (χ2n) is 2.78. The lowest BCUT2D eigenvalue weighted by molar-refractivity contribution is -0.189. The van der Waals surface area contributed by atoms with Gasteiger partial charge in [-0.1, -0.05) is 11.6 Å². The van der Waals surface area contributed by atoms with Gasteiger partial charge in [-0.15, -0.1) is 0 Å². The predicted molar refractivity (Wildman–Crippen MR) is 47.1 cm³/mol. The Hall–Kier alpha value is -1.17. The topological polar surface area (TPSA) is 42.4 Å². The summed E-state index contributed by atoms with van der Waals surface area (Å²) >= 11 is 5.51. The Morgan fingerprint density at radius 2 is 2.13 bits per heavy atom. The van der Waals surface area contributed by atoms with Crippen molar-refractivity contribution in [1.29, 1.82) is 0 Å². The molecule has 0 amide bonds. The van der Waals surface area contributed by atoms with Crippen LogP contribution >= 0.6 is 11.6 Å².